The third kappa shape index (κ3) is 2.85. The van der Waals surface area contributed by atoms with Crippen LogP contribution in [0.4, 0.5) is 4.79 Å². The molecule has 6 nitrogen and oxygen atoms in total. The molecule has 2 rings (SSSR count). The van der Waals surface area contributed by atoms with E-state index < -0.39 is 11.6 Å². The topological polar surface area (TPSA) is 84.7 Å². The predicted octanol–water partition coefficient (Wildman–Crippen LogP) is 1.42. The summed E-state index contributed by atoms with van der Waals surface area (Å²) in [5, 5.41) is 2.72. The van der Waals surface area contributed by atoms with Crippen LogP contribution in [0.1, 0.15) is 31.9 Å². The number of hydrogen-bond donors (Lipinski definition) is 2. The highest BCUT2D eigenvalue weighted by atomic mass is 16.5. The van der Waals surface area contributed by atoms with Crippen LogP contribution in [-0.4, -0.2) is 36.0 Å². The van der Waals surface area contributed by atoms with Crippen molar-refractivity contribution in [1.29, 1.82) is 0 Å². The van der Waals surface area contributed by atoms with Crippen LogP contribution in [0.2, 0.25) is 0 Å². The van der Waals surface area contributed by atoms with Gasteiger partial charge >= 0.3 is 6.03 Å². The molecule has 1 aromatic carbocycles. The summed E-state index contributed by atoms with van der Waals surface area (Å²) < 4.78 is 5.15. The number of carbonyl (C=O) groups is 2. The molecule has 1 fully saturated rings. The first-order valence-electron chi connectivity index (χ1n) is 6.95. The summed E-state index contributed by atoms with van der Waals surface area (Å²) in [4.78, 5) is 25.5. The van der Waals surface area contributed by atoms with Gasteiger partial charge in [-0.15, -0.1) is 0 Å². The Morgan fingerprint density at radius 2 is 2.14 bits per heavy atom. The highest BCUT2D eigenvalue weighted by Crippen LogP contribution is 2.24. The summed E-state index contributed by atoms with van der Waals surface area (Å²) in [6.07, 6.45) is 0.544. The number of imide groups is 1. The van der Waals surface area contributed by atoms with Crippen molar-refractivity contribution in [2.75, 3.05) is 13.7 Å². The Kier molecular flexibility index (Phi) is 4.18. The molecule has 0 saturated carbocycles. The zero-order valence-electron chi connectivity index (χ0n) is 12.6. The molecule has 0 aromatic heterocycles. The Morgan fingerprint density at radius 1 is 1.43 bits per heavy atom. The molecule has 1 saturated heterocycles. The Morgan fingerprint density at radius 3 is 2.71 bits per heavy atom. The van der Waals surface area contributed by atoms with Crippen LogP contribution in [0.15, 0.2) is 24.3 Å². The number of ether oxygens (including phenoxy) is 1. The van der Waals surface area contributed by atoms with Gasteiger partial charge in [-0.2, -0.15) is 0 Å². The van der Waals surface area contributed by atoms with E-state index in [0.29, 0.717) is 12.2 Å². The molecule has 114 valence electrons. The summed E-state index contributed by atoms with van der Waals surface area (Å²) in [6, 6.07) is 6.47. The normalized spacial score (nSPS) is 23.1. The summed E-state index contributed by atoms with van der Waals surface area (Å²) >= 11 is 0. The van der Waals surface area contributed by atoms with Gasteiger partial charge in [0.25, 0.3) is 5.91 Å². The third-order valence-electron chi connectivity index (χ3n) is 3.95. The average molecular weight is 291 g/mol. The highest BCUT2D eigenvalue weighted by Gasteiger charge is 2.46. The van der Waals surface area contributed by atoms with Crippen molar-refractivity contribution in [1.82, 2.24) is 10.2 Å². The van der Waals surface area contributed by atoms with E-state index in [4.69, 9.17) is 10.5 Å². The van der Waals surface area contributed by atoms with Gasteiger partial charge in [-0.1, -0.05) is 19.1 Å². The monoisotopic (exact) mass is 291 g/mol. The molecule has 2 atom stereocenters. The van der Waals surface area contributed by atoms with Gasteiger partial charge < -0.3 is 15.8 Å². The molecular formula is C15H21N3O3. The van der Waals surface area contributed by atoms with Gasteiger partial charge in [-0.05, 0) is 31.0 Å². The van der Waals surface area contributed by atoms with Gasteiger partial charge in [-0.25, -0.2) is 4.79 Å². The molecule has 0 radical (unpaired) electrons. The predicted molar refractivity (Wildman–Crippen MR) is 78.9 cm³/mol. The minimum atomic E-state index is -0.828. The number of hydrogen-bond acceptors (Lipinski definition) is 4. The van der Waals surface area contributed by atoms with E-state index in [2.05, 4.69) is 5.32 Å². The van der Waals surface area contributed by atoms with Gasteiger partial charge in [-0.3, -0.25) is 9.69 Å². The first kappa shape index (κ1) is 15.3. The number of nitrogens with zero attached hydrogens (tertiary/aromatic N) is 1. The quantitative estimate of drug-likeness (QED) is 0.803. The second-order valence-electron chi connectivity index (χ2n) is 5.41. The van der Waals surface area contributed by atoms with Crippen LogP contribution in [0.3, 0.4) is 0 Å². The lowest BCUT2D eigenvalue weighted by atomic mass is 9.99. The number of urea groups is 1. The van der Waals surface area contributed by atoms with Gasteiger partial charge in [0, 0.05) is 12.6 Å². The molecule has 0 aliphatic carbocycles. The fraction of sp³-hybridized carbons (Fsp3) is 0.467. The summed E-state index contributed by atoms with van der Waals surface area (Å²) in [5.74, 6) is 0.465. The molecule has 0 spiro atoms. The maximum Gasteiger partial charge on any atom is 0.325 e. The maximum atomic E-state index is 12.3. The van der Waals surface area contributed by atoms with Crippen molar-refractivity contribution >= 4 is 11.9 Å². The number of rotatable bonds is 5. The molecule has 2 unspecified atom stereocenters. The molecule has 1 aliphatic rings. The molecule has 3 amide bonds. The van der Waals surface area contributed by atoms with Crippen molar-refractivity contribution in [2.24, 2.45) is 5.73 Å². The van der Waals surface area contributed by atoms with Gasteiger partial charge in [0.1, 0.15) is 11.3 Å². The highest BCUT2D eigenvalue weighted by molar-refractivity contribution is 6.06. The van der Waals surface area contributed by atoms with E-state index in [0.717, 1.165) is 5.56 Å². The lowest BCUT2D eigenvalue weighted by molar-refractivity contribution is -0.131. The standard InChI is InChI=1S/C15H21N3O3/c1-4-15(2)13(19)18(14(20)17-15)9-12(16)10-6-5-7-11(8-10)21-3/h5-8,12H,4,9,16H2,1-3H3,(H,17,20). The number of carbonyl (C=O) groups excluding carboxylic acids is 2. The largest absolute Gasteiger partial charge is 0.497 e. The number of nitrogens with two attached hydrogens (primary N) is 1. The Bertz CT molecular complexity index is 561. The molecule has 1 aromatic rings. The molecular weight excluding hydrogens is 270 g/mol. The van der Waals surface area contributed by atoms with Crippen LogP contribution in [-0.2, 0) is 4.79 Å². The number of nitrogens with one attached hydrogen (secondary N) is 1. The number of benzene rings is 1. The van der Waals surface area contributed by atoms with Crippen LogP contribution >= 0.6 is 0 Å². The van der Waals surface area contributed by atoms with Crippen molar-refractivity contribution in [3.8, 4) is 5.75 Å². The average Bonchev–Trinajstić information content (AvgIpc) is 2.71. The zero-order chi connectivity index (χ0) is 15.6. The van der Waals surface area contributed by atoms with Gasteiger partial charge in [0.05, 0.1) is 7.11 Å². The van der Waals surface area contributed by atoms with Crippen molar-refractivity contribution in [3.05, 3.63) is 29.8 Å². The molecule has 6 heteroatoms. The van der Waals surface area contributed by atoms with E-state index in [-0.39, 0.29) is 18.5 Å². The Hall–Kier alpha value is -2.08. The SMILES string of the molecule is CCC1(C)NC(=O)N(CC(N)c2cccc(OC)c2)C1=O. The van der Waals surface area contributed by atoms with Crippen molar-refractivity contribution in [2.45, 2.75) is 31.8 Å². The first-order chi connectivity index (χ1) is 9.91. The number of methoxy groups -OCH3 is 1. The van der Waals surface area contributed by atoms with Crippen LogP contribution in [0.5, 0.6) is 5.75 Å². The zero-order valence-corrected chi connectivity index (χ0v) is 12.6. The lowest BCUT2D eigenvalue weighted by Gasteiger charge is -2.21. The van der Waals surface area contributed by atoms with E-state index in [1.165, 1.54) is 4.90 Å². The van der Waals surface area contributed by atoms with Gasteiger partial charge in [0.2, 0.25) is 0 Å². The molecule has 1 aliphatic heterocycles. The second-order valence-corrected chi connectivity index (χ2v) is 5.41. The minimum absolute atomic E-state index is 0.146. The molecule has 0 bridgehead atoms. The summed E-state index contributed by atoms with van der Waals surface area (Å²) in [5.41, 5.74) is 6.11. The minimum Gasteiger partial charge on any atom is -0.497 e. The lowest BCUT2D eigenvalue weighted by Crippen LogP contribution is -2.43. The van der Waals surface area contributed by atoms with Crippen LogP contribution in [0.25, 0.3) is 0 Å². The third-order valence-corrected chi connectivity index (χ3v) is 3.95. The van der Waals surface area contributed by atoms with E-state index in [1.54, 1.807) is 14.0 Å². The van der Waals surface area contributed by atoms with Gasteiger partial charge in [0.15, 0.2) is 0 Å². The summed E-state index contributed by atoms with van der Waals surface area (Å²) in [6.45, 7) is 3.74. The van der Waals surface area contributed by atoms with E-state index >= 15 is 0 Å². The van der Waals surface area contributed by atoms with E-state index in [1.807, 2.05) is 31.2 Å². The molecule has 1 heterocycles. The summed E-state index contributed by atoms with van der Waals surface area (Å²) in [7, 11) is 1.58. The molecule has 3 N–H and O–H groups in total. The second kappa shape index (κ2) is 5.73. The number of amides is 3. The fourth-order valence-corrected chi connectivity index (χ4v) is 2.33. The van der Waals surface area contributed by atoms with Crippen LogP contribution in [0, 0.1) is 0 Å². The first-order valence-corrected chi connectivity index (χ1v) is 6.95. The smallest absolute Gasteiger partial charge is 0.325 e. The van der Waals surface area contributed by atoms with Crippen LogP contribution < -0.4 is 15.8 Å². The van der Waals surface area contributed by atoms with E-state index in [9.17, 15) is 9.59 Å². The molecule has 21 heavy (non-hydrogen) atoms. The Balaban J connectivity index is 2.14. The van der Waals surface area contributed by atoms with Crippen molar-refractivity contribution < 1.29 is 14.3 Å². The fourth-order valence-electron chi connectivity index (χ4n) is 2.33. The maximum absolute atomic E-state index is 12.3. The Labute approximate surface area is 124 Å². The van der Waals surface area contributed by atoms with Crippen molar-refractivity contribution in [3.63, 3.8) is 0 Å².